The fraction of sp³-hybridized carbons (Fsp3) is 0.167. The average Bonchev–Trinajstić information content (AvgIpc) is 3.35. The SMILES string of the molecule is O=C(c1csc(-c2ccccc2)n1)N1CCN(c2cc(-c3ccccc3)ncn2)CC1. The third-order valence-electron chi connectivity index (χ3n) is 5.36. The topological polar surface area (TPSA) is 62.2 Å². The number of thiazole rings is 1. The Bertz CT molecular complexity index is 1170. The average molecular weight is 428 g/mol. The number of nitrogens with zero attached hydrogens (tertiary/aromatic N) is 5. The molecule has 154 valence electrons. The molecule has 0 saturated carbocycles. The lowest BCUT2D eigenvalue weighted by Crippen LogP contribution is -2.49. The van der Waals surface area contributed by atoms with E-state index in [0.29, 0.717) is 18.8 Å². The fourth-order valence-corrected chi connectivity index (χ4v) is 4.47. The number of aromatic nitrogens is 3. The van der Waals surface area contributed by atoms with Gasteiger partial charge in [0.15, 0.2) is 0 Å². The molecule has 1 fully saturated rings. The van der Waals surface area contributed by atoms with Crippen LogP contribution in [0.3, 0.4) is 0 Å². The van der Waals surface area contributed by atoms with Crippen LogP contribution in [0.2, 0.25) is 0 Å². The van der Waals surface area contributed by atoms with Crippen LogP contribution < -0.4 is 4.90 Å². The molecular formula is C24H21N5OS. The van der Waals surface area contributed by atoms with Gasteiger partial charge in [-0.1, -0.05) is 60.7 Å². The highest BCUT2D eigenvalue weighted by atomic mass is 32.1. The normalized spacial score (nSPS) is 13.9. The van der Waals surface area contributed by atoms with Crippen LogP contribution in [-0.2, 0) is 0 Å². The summed E-state index contributed by atoms with van der Waals surface area (Å²) in [6, 6.07) is 22.1. The Morgan fingerprint density at radius 3 is 2.23 bits per heavy atom. The molecule has 1 aliphatic rings. The first-order valence-corrected chi connectivity index (χ1v) is 11.1. The van der Waals surface area contributed by atoms with Gasteiger partial charge in [0, 0.05) is 48.8 Å². The third kappa shape index (κ3) is 4.18. The second kappa shape index (κ2) is 8.65. The third-order valence-corrected chi connectivity index (χ3v) is 6.25. The van der Waals surface area contributed by atoms with Crippen LogP contribution >= 0.6 is 11.3 Å². The van der Waals surface area contributed by atoms with Gasteiger partial charge in [0.05, 0.1) is 5.69 Å². The summed E-state index contributed by atoms with van der Waals surface area (Å²) >= 11 is 1.51. The molecule has 0 aliphatic carbocycles. The molecule has 0 radical (unpaired) electrons. The fourth-order valence-electron chi connectivity index (χ4n) is 3.67. The molecule has 1 amide bonds. The van der Waals surface area contributed by atoms with Crippen molar-refractivity contribution in [1.29, 1.82) is 0 Å². The van der Waals surface area contributed by atoms with Crippen LogP contribution in [0, 0.1) is 0 Å². The molecule has 3 heterocycles. The van der Waals surface area contributed by atoms with Crippen molar-refractivity contribution >= 4 is 23.1 Å². The van der Waals surface area contributed by atoms with E-state index in [4.69, 9.17) is 0 Å². The van der Waals surface area contributed by atoms with Gasteiger partial charge in [-0.15, -0.1) is 11.3 Å². The van der Waals surface area contributed by atoms with Crippen molar-refractivity contribution in [2.24, 2.45) is 0 Å². The summed E-state index contributed by atoms with van der Waals surface area (Å²) in [5.74, 6) is 0.881. The number of hydrogen-bond acceptors (Lipinski definition) is 6. The number of amides is 1. The molecule has 0 unspecified atom stereocenters. The summed E-state index contributed by atoms with van der Waals surface area (Å²) in [5.41, 5.74) is 3.53. The van der Waals surface area contributed by atoms with Crippen LogP contribution in [0.15, 0.2) is 78.4 Å². The van der Waals surface area contributed by atoms with Crippen LogP contribution in [0.1, 0.15) is 10.5 Å². The van der Waals surface area contributed by atoms with E-state index >= 15 is 0 Å². The van der Waals surface area contributed by atoms with Gasteiger partial charge in [-0.3, -0.25) is 4.79 Å². The summed E-state index contributed by atoms with van der Waals surface area (Å²) in [7, 11) is 0. The highest BCUT2D eigenvalue weighted by Crippen LogP contribution is 2.25. The summed E-state index contributed by atoms with van der Waals surface area (Å²) in [5, 5.41) is 2.73. The molecule has 7 heteroatoms. The Kier molecular flexibility index (Phi) is 5.41. The highest BCUT2D eigenvalue weighted by molar-refractivity contribution is 7.13. The minimum absolute atomic E-state index is 0.00857. The number of benzene rings is 2. The van der Waals surface area contributed by atoms with Crippen molar-refractivity contribution < 1.29 is 4.79 Å². The van der Waals surface area contributed by atoms with Gasteiger partial charge in [0.25, 0.3) is 5.91 Å². The number of carbonyl (C=O) groups excluding carboxylic acids is 1. The van der Waals surface area contributed by atoms with E-state index in [2.05, 4.69) is 19.9 Å². The molecule has 0 N–H and O–H groups in total. The maximum atomic E-state index is 13.0. The molecule has 5 rings (SSSR count). The van der Waals surface area contributed by atoms with E-state index in [-0.39, 0.29) is 5.91 Å². The smallest absolute Gasteiger partial charge is 0.273 e. The lowest BCUT2D eigenvalue weighted by Gasteiger charge is -2.35. The molecule has 2 aromatic carbocycles. The monoisotopic (exact) mass is 427 g/mol. The first-order valence-electron chi connectivity index (χ1n) is 10.2. The zero-order valence-corrected chi connectivity index (χ0v) is 17.7. The summed E-state index contributed by atoms with van der Waals surface area (Å²) in [4.78, 5) is 30.5. The van der Waals surface area contributed by atoms with Crippen LogP contribution in [0.25, 0.3) is 21.8 Å². The van der Waals surface area contributed by atoms with Gasteiger partial charge >= 0.3 is 0 Å². The molecule has 31 heavy (non-hydrogen) atoms. The van der Waals surface area contributed by atoms with Crippen LogP contribution in [0.5, 0.6) is 0 Å². The highest BCUT2D eigenvalue weighted by Gasteiger charge is 2.25. The van der Waals surface area contributed by atoms with Crippen LogP contribution in [0.4, 0.5) is 5.82 Å². The zero-order valence-electron chi connectivity index (χ0n) is 16.9. The molecule has 1 aliphatic heterocycles. The molecule has 1 saturated heterocycles. The predicted molar refractivity (Wildman–Crippen MR) is 123 cm³/mol. The molecule has 4 aromatic rings. The van der Waals surface area contributed by atoms with Gasteiger partial charge in [-0.25, -0.2) is 15.0 Å². The standard InChI is InChI=1S/C24H21N5OS/c30-24(21-16-31-23(27-21)19-9-5-2-6-10-19)29-13-11-28(12-14-29)22-15-20(25-17-26-22)18-7-3-1-4-8-18/h1-10,15-17H,11-14H2. The maximum Gasteiger partial charge on any atom is 0.273 e. The number of hydrogen-bond donors (Lipinski definition) is 0. The number of rotatable bonds is 4. The number of anilines is 1. The lowest BCUT2D eigenvalue weighted by atomic mass is 10.1. The molecule has 0 spiro atoms. The minimum Gasteiger partial charge on any atom is -0.353 e. The minimum atomic E-state index is -0.00857. The largest absolute Gasteiger partial charge is 0.353 e. The van der Waals surface area contributed by atoms with Gasteiger partial charge in [0.2, 0.25) is 0 Å². The number of piperazine rings is 1. The quantitative estimate of drug-likeness (QED) is 0.488. The second-order valence-corrected chi connectivity index (χ2v) is 8.17. The van der Waals surface area contributed by atoms with Crippen LogP contribution in [-0.4, -0.2) is 51.9 Å². The van der Waals surface area contributed by atoms with E-state index in [0.717, 1.165) is 40.7 Å². The Hall–Kier alpha value is -3.58. The van der Waals surface area contributed by atoms with Crippen molar-refractivity contribution in [1.82, 2.24) is 19.9 Å². The molecule has 0 atom stereocenters. The Balaban J connectivity index is 1.25. The van der Waals surface area contributed by atoms with E-state index in [9.17, 15) is 4.79 Å². The first-order chi connectivity index (χ1) is 15.3. The van der Waals surface area contributed by atoms with Crippen molar-refractivity contribution in [3.05, 3.63) is 84.1 Å². The summed E-state index contributed by atoms with van der Waals surface area (Å²) in [6.45, 7) is 2.74. The number of carbonyl (C=O) groups is 1. The van der Waals surface area contributed by atoms with Crippen molar-refractivity contribution in [2.45, 2.75) is 0 Å². The van der Waals surface area contributed by atoms with Gasteiger partial charge in [-0.2, -0.15) is 0 Å². The summed E-state index contributed by atoms with van der Waals surface area (Å²) < 4.78 is 0. The van der Waals surface area contributed by atoms with Gasteiger partial charge < -0.3 is 9.80 Å². The van der Waals surface area contributed by atoms with Gasteiger partial charge in [0.1, 0.15) is 22.8 Å². The molecule has 2 aromatic heterocycles. The Morgan fingerprint density at radius 1 is 0.839 bits per heavy atom. The van der Waals surface area contributed by atoms with E-state index in [1.165, 1.54) is 11.3 Å². The Labute approximate surface area is 184 Å². The van der Waals surface area contributed by atoms with E-state index in [1.807, 2.05) is 77.0 Å². The zero-order chi connectivity index (χ0) is 21.0. The first kappa shape index (κ1) is 19.4. The second-order valence-electron chi connectivity index (χ2n) is 7.31. The van der Waals surface area contributed by atoms with E-state index < -0.39 is 0 Å². The van der Waals surface area contributed by atoms with Gasteiger partial charge in [-0.05, 0) is 0 Å². The van der Waals surface area contributed by atoms with Crippen molar-refractivity contribution in [3.8, 4) is 21.8 Å². The van der Waals surface area contributed by atoms with Crippen molar-refractivity contribution in [3.63, 3.8) is 0 Å². The van der Waals surface area contributed by atoms with E-state index in [1.54, 1.807) is 6.33 Å². The predicted octanol–water partition coefficient (Wildman–Crippen LogP) is 4.23. The molecule has 6 nitrogen and oxygen atoms in total. The van der Waals surface area contributed by atoms with Crippen molar-refractivity contribution in [2.75, 3.05) is 31.1 Å². The maximum absolute atomic E-state index is 13.0. The molecule has 0 bridgehead atoms. The lowest BCUT2D eigenvalue weighted by molar-refractivity contribution is 0.0741. The molecular weight excluding hydrogens is 406 g/mol. The Morgan fingerprint density at radius 2 is 1.52 bits per heavy atom. The summed E-state index contributed by atoms with van der Waals surface area (Å²) in [6.07, 6.45) is 1.61.